The van der Waals surface area contributed by atoms with E-state index in [2.05, 4.69) is 35.6 Å². The maximum Gasteiger partial charge on any atom is 0.270 e. The molecule has 2 heterocycles. The molecule has 1 aliphatic rings. The first-order valence-corrected chi connectivity index (χ1v) is 15.8. The maximum absolute atomic E-state index is 13.3. The Morgan fingerprint density at radius 1 is 0.882 bits per heavy atom. The largest absolute Gasteiger partial charge is 0.361 e. The van der Waals surface area contributed by atoms with E-state index in [1.165, 1.54) is 0 Å². The van der Waals surface area contributed by atoms with Crippen molar-refractivity contribution in [1.29, 1.82) is 0 Å². The zero-order chi connectivity index (χ0) is 24.3. The monoisotopic (exact) mass is 540 g/mol. The molecule has 8 heteroatoms. The number of nitrogens with zero attached hydrogens (tertiary/aromatic N) is 2. The van der Waals surface area contributed by atoms with Crippen LogP contribution in [0.3, 0.4) is 0 Å². The number of ether oxygens (including phenoxy) is 2. The molecule has 0 bridgehead atoms. The fourth-order valence-corrected chi connectivity index (χ4v) is 5.17. The summed E-state index contributed by atoms with van der Waals surface area (Å²) in [6.45, 7) is 8.27. The van der Waals surface area contributed by atoms with Gasteiger partial charge in [-0.2, -0.15) is 0 Å². The van der Waals surface area contributed by atoms with E-state index in [0.717, 1.165) is 27.4 Å². The molecule has 6 nitrogen and oxygen atoms in total. The van der Waals surface area contributed by atoms with Crippen LogP contribution in [0, 0.1) is 0 Å². The summed E-state index contributed by atoms with van der Waals surface area (Å²) in [7, 11) is -1.18. The summed E-state index contributed by atoms with van der Waals surface area (Å²) in [6.07, 6.45) is 1.90. The van der Waals surface area contributed by atoms with Crippen LogP contribution >= 0.6 is 15.9 Å². The van der Waals surface area contributed by atoms with Gasteiger partial charge in [-0.3, -0.25) is 9.59 Å². The van der Waals surface area contributed by atoms with E-state index in [9.17, 15) is 9.59 Å². The first-order chi connectivity index (χ1) is 16.3. The number of para-hydroxylation sites is 1. The van der Waals surface area contributed by atoms with E-state index >= 15 is 0 Å². The molecule has 34 heavy (non-hydrogen) atoms. The number of hydrogen-bond acceptors (Lipinski definition) is 4. The van der Waals surface area contributed by atoms with E-state index in [0.29, 0.717) is 31.1 Å². The van der Waals surface area contributed by atoms with Gasteiger partial charge in [-0.15, -0.1) is 0 Å². The highest BCUT2D eigenvalue weighted by Gasteiger charge is 2.39. The van der Waals surface area contributed by atoms with Gasteiger partial charge in [0.05, 0.1) is 22.2 Å². The standard InChI is InChI=1S/C26H29BrN2O4Si/c1-34(2,3)14-13-32-17-28-15-21(20-11-7-8-12-22(20)28)23-24(27)26(31)29(25(23)30)18-33-16-19-9-5-4-6-10-19/h4-12,15H,13-14,16-18H2,1-3H3. The van der Waals surface area contributed by atoms with Gasteiger partial charge in [-0.05, 0) is 33.6 Å². The van der Waals surface area contributed by atoms with E-state index in [1.54, 1.807) is 0 Å². The lowest BCUT2D eigenvalue weighted by molar-refractivity contribution is -0.143. The van der Waals surface area contributed by atoms with Gasteiger partial charge in [-0.1, -0.05) is 68.2 Å². The fraction of sp³-hybridized carbons (Fsp3) is 0.308. The van der Waals surface area contributed by atoms with Crippen molar-refractivity contribution in [1.82, 2.24) is 9.47 Å². The number of aromatic nitrogens is 1. The molecule has 2 amide bonds. The van der Waals surface area contributed by atoms with Crippen molar-refractivity contribution in [2.45, 2.75) is 39.0 Å². The Morgan fingerprint density at radius 3 is 2.32 bits per heavy atom. The molecular formula is C26H29BrN2O4Si. The molecule has 0 atom stereocenters. The highest BCUT2D eigenvalue weighted by atomic mass is 79.9. The molecule has 0 N–H and O–H groups in total. The molecule has 3 aromatic rings. The second-order valence-corrected chi connectivity index (χ2v) is 16.0. The third kappa shape index (κ3) is 5.41. The fourth-order valence-electron chi connectivity index (χ4n) is 3.82. The minimum atomic E-state index is -1.18. The van der Waals surface area contributed by atoms with Crippen molar-refractivity contribution >= 4 is 52.3 Å². The van der Waals surface area contributed by atoms with Crippen molar-refractivity contribution < 1.29 is 19.1 Å². The third-order valence-electron chi connectivity index (χ3n) is 5.73. The average molecular weight is 542 g/mol. The Hall–Kier alpha value is -2.52. The minimum Gasteiger partial charge on any atom is -0.361 e. The van der Waals surface area contributed by atoms with Crippen molar-refractivity contribution in [2.24, 2.45) is 0 Å². The quantitative estimate of drug-likeness (QED) is 0.190. The zero-order valence-corrected chi connectivity index (χ0v) is 22.3. The summed E-state index contributed by atoms with van der Waals surface area (Å²) in [4.78, 5) is 27.3. The van der Waals surface area contributed by atoms with Gasteiger partial charge in [0.1, 0.15) is 13.5 Å². The van der Waals surface area contributed by atoms with Crippen molar-refractivity contribution in [3.05, 3.63) is 76.4 Å². The number of rotatable bonds is 10. The van der Waals surface area contributed by atoms with Gasteiger partial charge < -0.3 is 14.0 Å². The second kappa shape index (κ2) is 10.4. The molecule has 0 spiro atoms. The molecule has 0 aliphatic carbocycles. The molecule has 0 saturated heterocycles. The number of carbonyl (C=O) groups is 2. The van der Waals surface area contributed by atoms with Crippen LogP contribution < -0.4 is 0 Å². The van der Waals surface area contributed by atoms with Crippen molar-refractivity contribution in [3.63, 3.8) is 0 Å². The molecule has 1 aliphatic heterocycles. The minimum absolute atomic E-state index is 0.108. The zero-order valence-electron chi connectivity index (χ0n) is 19.7. The van der Waals surface area contributed by atoms with Crippen LogP contribution in [0.25, 0.3) is 16.5 Å². The van der Waals surface area contributed by atoms with Crippen LogP contribution in [-0.4, -0.2) is 42.7 Å². The summed E-state index contributed by atoms with van der Waals surface area (Å²) in [5.74, 6) is -0.760. The maximum atomic E-state index is 13.3. The first kappa shape index (κ1) is 24.6. The molecule has 4 rings (SSSR count). The number of carbonyl (C=O) groups excluding carboxylic acids is 2. The summed E-state index contributed by atoms with van der Waals surface area (Å²) in [6, 6.07) is 18.6. The van der Waals surface area contributed by atoms with Gasteiger partial charge >= 0.3 is 0 Å². The summed E-state index contributed by atoms with van der Waals surface area (Å²) < 4.78 is 13.9. The Morgan fingerprint density at radius 2 is 1.59 bits per heavy atom. The van der Waals surface area contributed by atoms with Crippen LogP contribution in [0.15, 0.2) is 65.3 Å². The van der Waals surface area contributed by atoms with E-state index < -0.39 is 14.0 Å². The average Bonchev–Trinajstić information content (AvgIpc) is 3.26. The smallest absolute Gasteiger partial charge is 0.270 e. The highest BCUT2D eigenvalue weighted by molar-refractivity contribution is 9.12. The van der Waals surface area contributed by atoms with Crippen molar-refractivity contribution in [2.75, 3.05) is 13.3 Å². The number of hydrogen-bond donors (Lipinski definition) is 0. The number of amides is 2. The lowest BCUT2D eigenvalue weighted by atomic mass is 10.1. The van der Waals surface area contributed by atoms with E-state index in [4.69, 9.17) is 9.47 Å². The van der Waals surface area contributed by atoms with Crippen LogP contribution in [0.4, 0.5) is 0 Å². The number of benzene rings is 2. The summed E-state index contributed by atoms with van der Waals surface area (Å²) in [5, 5.41) is 0.899. The van der Waals surface area contributed by atoms with Gasteiger partial charge in [0.15, 0.2) is 0 Å². The molecule has 178 valence electrons. The molecule has 2 aromatic carbocycles. The van der Waals surface area contributed by atoms with Gasteiger partial charge in [0.2, 0.25) is 0 Å². The van der Waals surface area contributed by atoms with E-state index in [-0.39, 0.29) is 17.1 Å². The predicted octanol–water partition coefficient (Wildman–Crippen LogP) is 5.60. The van der Waals surface area contributed by atoms with Gasteiger partial charge in [0, 0.05) is 31.8 Å². The molecule has 0 saturated carbocycles. The Labute approximate surface area is 209 Å². The van der Waals surface area contributed by atoms with Gasteiger partial charge in [0.25, 0.3) is 11.8 Å². The Balaban J connectivity index is 1.52. The molecule has 0 fully saturated rings. The Kier molecular flexibility index (Phi) is 7.52. The van der Waals surface area contributed by atoms with Gasteiger partial charge in [-0.25, -0.2) is 4.90 Å². The SMILES string of the molecule is C[Si](C)(C)CCOCn1cc(C2=C(Br)C(=O)N(COCc3ccccc3)C2=O)c2ccccc21. The highest BCUT2D eigenvalue weighted by Crippen LogP contribution is 2.37. The van der Waals surface area contributed by atoms with Crippen LogP contribution in [0.2, 0.25) is 25.7 Å². The first-order valence-electron chi connectivity index (χ1n) is 11.3. The second-order valence-electron chi connectivity index (χ2n) is 9.57. The van der Waals surface area contributed by atoms with E-state index in [1.807, 2.05) is 65.4 Å². The molecular weight excluding hydrogens is 512 g/mol. The predicted molar refractivity (Wildman–Crippen MR) is 140 cm³/mol. The molecule has 1 aromatic heterocycles. The van der Waals surface area contributed by atoms with Crippen LogP contribution in [0.1, 0.15) is 11.1 Å². The summed E-state index contributed by atoms with van der Waals surface area (Å²) in [5.41, 5.74) is 2.99. The molecule has 0 unspecified atom stereocenters. The number of fused-ring (bicyclic) bond motifs is 1. The third-order valence-corrected chi connectivity index (χ3v) is 8.17. The number of imide groups is 1. The normalized spacial score (nSPS) is 14.6. The number of halogens is 1. The lowest BCUT2D eigenvalue weighted by Gasteiger charge is -2.15. The summed E-state index contributed by atoms with van der Waals surface area (Å²) >= 11 is 3.38. The van der Waals surface area contributed by atoms with Crippen LogP contribution in [0.5, 0.6) is 0 Å². The van der Waals surface area contributed by atoms with Crippen LogP contribution in [-0.2, 0) is 32.4 Å². The van der Waals surface area contributed by atoms with Crippen molar-refractivity contribution in [3.8, 4) is 0 Å². The lowest BCUT2D eigenvalue weighted by Crippen LogP contribution is -2.33. The molecule has 0 radical (unpaired) electrons. The Bertz CT molecular complexity index is 1230. The topological polar surface area (TPSA) is 60.8 Å².